The van der Waals surface area contributed by atoms with Gasteiger partial charge in [-0.3, -0.25) is 0 Å². The number of benzene rings is 2. The Labute approximate surface area is 194 Å². The second kappa shape index (κ2) is 8.74. The lowest BCUT2D eigenvalue weighted by atomic mass is 9.79. The molecule has 0 radical (unpaired) electrons. The van der Waals surface area contributed by atoms with Gasteiger partial charge in [0.25, 0.3) is 0 Å². The lowest BCUT2D eigenvalue weighted by Gasteiger charge is -2.33. The highest BCUT2D eigenvalue weighted by atomic mass is 16.5. The van der Waals surface area contributed by atoms with Gasteiger partial charge < -0.3 is 15.8 Å². The van der Waals surface area contributed by atoms with Gasteiger partial charge in [-0.15, -0.1) is 0 Å². The first kappa shape index (κ1) is 21.3. The molecule has 2 aromatic carbocycles. The highest BCUT2D eigenvalue weighted by molar-refractivity contribution is 5.95. The van der Waals surface area contributed by atoms with Crippen molar-refractivity contribution in [3.8, 4) is 11.1 Å². The number of anilines is 2. The van der Waals surface area contributed by atoms with Gasteiger partial charge in [0.1, 0.15) is 5.82 Å². The molecule has 33 heavy (non-hydrogen) atoms. The number of nitrogens with two attached hydrogens (primary N) is 1. The third-order valence-corrected chi connectivity index (χ3v) is 6.69. The fourth-order valence-corrected chi connectivity index (χ4v) is 5.09. The van der Waals surface area contributed by atoms with Crippen LogP contribution in [-0.2, 0) is 22.4 Å². The van der Waals surface area contributed by atoms with E-state index in [1.54, 1.807) is 0 Å². The summed E-state index contributed by atoms with van der Waals surface area (Å²) in [6, 6.07) is 18.7. The highest BCUT2D eigenvalue weighted by Gasteiger charge is 2.37. The minimum atomic E-state index is -0.329. The van der Waals surface area contributed by atoms with E-state index in [1.165, 1.54) is 0 Å². The van der Waals surface area contributed by atoms with E-state index in [9.17, 15) is 4.79 Å². The van der Waals surface area contributed by atoms with Crippen LogP contribution in [-0.4, -0.2) is 17.6 Å². The summed E-state index contributed by atoms with van der Waals surface area (Å²) in [7, 11) is 0. The van der Waals surface area contributed by atoms with Crippen molar-refractivity contribution in [3.63, 3.8) is 0 Å². The summed E-state index contributed by atoms with van der Waals surface area (Å²) in [5.74, 6) is 0.114. The van der Waals surface area contributed by atoms with Crippen molar-refractivity contribution in [2.45, 2.75) is 45.4 Å². The zero-order chi connectivity index (χ0) is 22.9. The average molecular weight is 440 g/mol. The van der Waals surface area contributed by atoms with Crippen molar-refractivity contribution in [1.82, 2.24) is 4.98 Å². The summed E-state index contributed by atoms with van der Waals surface area (Å²) in [5.41, 5.74) is 15.3. The maximum Gasteiger partial charge on any atom is 0.336 e. The molecule has 0 saturated carbocycles. The predicted molar refractivity (Wildman–Crippen MR) is 132 cm³/mol. The topological polar surface area (TPSA) is 77.2 Å². The number of esters is 1. The van der Waals surface area contributed by atoms with E-state index in [1.807, 2.05) is 32.0 Å². The van der Waals surface area contributed by atoms with Crippen LogP contribution in [0.5, 0.6) is 0 Å². The summed E-state index contributed by atoms with van der Waals surface area (Å²) >= 11 is 0. The number of fused-ring (bicyclic) bond motifs is 2. The molecular weight excluding hydrogens is 410 g/mol. The molecule has 168 valence electrons. The van der Waals surface area contributed by atoms with Crippen LogP contribution >= 0.6 is 0 Å². The number of nitrogens with zero attached hydrogens (tertiary/aromatic N) is 1. The van der Waals surface area contributed by atoms with Crippen LogP contribution in [0.1, 0.15) is 55.0 Å². The average Bonchev–Trinajstić information content (AvgIpc) is 2.84. The van der Waals surface area contributed by atoms with Crippen molar-refractivity contribution >= 4 is 17.5 Å². The van der Waals surface area contributed by atoms with Crippen LogP contribution in [0, 0.1) is 0 Å². The highest BCUT2D eigenvalue weighted by Crippen LogP contribution is 2.46. The number of aromatic nitrogens is 1. The standard InChI is InChI=1S/C28H29N3O2/c1-3-33-28(32)23-17(2)30-27-25(26(29)21-11-7-8-12-22(21)31-27)24(23)20-15-13-19(14-16-20)18-9-5-4-6-10-18/h4-6,9-10,13-16,24H,3,7-8,11-12H2,1-2H3,(H3,29,30,31)/t24-/m0/s1. The first-order chi connectivity index (χ1) is 16.1. The second-order valence-corrected chi connectivity index (χ2v) is 8.73. The van der Waals surface area contributed by atoms with Crippen LogP contribution in [0.25, 0.3) is 11.1 Å². The Bertz CT molecular complexity index is 1230. The lowest BCUT2D eigenvalue weighted by molar-refractivity contribution is -0.138. The summed E-state index contributed by atoms with van der Waals surface area (Å²) in [5, 5.41) is 3.36. The summed E-state index contributed by atoms with van der Waals surface area (Å²) in [6.07, 6.45) is 4.11. The van der Waals surface area contributed by atoms with Gasteiger partial charge in [0.2, 0.25) is 0 Å². The number of aryl methyl sites for hydroxylation is 1. The molecule has 0 spiro atoms. The number of nitrogens with one attached hydrogen (secondary N) is 1. The molecule has 0 bridgehead atoms. The number of allylic oxidation sites excluding steroid dienone is 1. The fraction of sp³-hybridized carbons (Fsp3) is 0.286. The Morgan fingerprint density at radius 3 is 2.48 bits per heavy atom. The maximum absolute atomic E-state index is 13.1. The molecule has 2 aliphatic rings. The largest absolute Gasteiger partial charge is 0.463 e. The molecule has 1 aromatic heterocycles. The van der Waals surface area contributed by atoms with E-state index in [2.05, 4.69) is 41.7 Å². The van der Waals surface area contributed by atoms with Gasteiger partial charge in [0, 0.05) is 28.6 Å². The number of pyridine rings is 1. The Kier molecular flexibility index (Phi) is 5.63. The smallest absolute Gasteiger partial charge is 0.336 e. The van der Waals surface area contributed by atoms with Gasteiger partial charge in [-0.2, -0.15) is 0 Å². The van der Waals surface area contributed by atoms with Gasteiger partial charge >= 0.3 is 5.97 Å². The normalized spacial score (nSPS) is 17.1. The molecule has 0 fully saturated rings. The molecule has 0 amide bonds. The second-order valence-electron chi connectivity index (χ2n) is 8.73. The van der Waals surface area contributed by atoms with Gasteiger partial charge in [-0.05, 0) is 61.8 Å². The summed E-state index contributed by atoms with van der Waals surface area (Å²) in [4.78, 5) is 18.1. The van der Waals surface area contributed by atoms with Gasteiger partial charge in [-0.25, -0.2) is 9.78 Å². The Morgan fingerprint density at radius 2 is 1.76 bits per heavy atom. The Balaban J connectivity index is 1.66. The number of rotatable bonds is 4. The van der Waals surface area contributed by atoms with E-state index in [-0.39, 0.29) is 11.9 Å². The van der Waals surface area contributed by atoms with Crippen LogP contribution in [0.2, 0.25) is 0 Å². The molecule has 5 nitrogen and oxygen atoms in total. The van der Waals surface area contributed by atoms with Crippen LogP contribution < -0.4 is 11.1 Å². The summed E-state index contributed by atoms with van der Waals surface area (Å²) in [6.45, 7) is 4.06. The molecule has 1 atom stereocenters. The molecule has 5 rings (SSSR count). The number of carbonyl (C=O) groups is 1. The molecule has 1 aliphatic heterocycles. The van der Waals surface area contributed by atoms with E-state index in [0.717, 1.165) is 76.4 Å². The van der Waals surface area contributed by atoms with E-state index >= 15 is 0 Å². The van der Waals surface area contributed by atoms with Crippen LogP contribution in [0.15, 0.2) is 65.9 Å². The minimum Gasteiger partial charge on any atom is -0.463 e. The van der Waals surface area contributed by atoms with E-state index < -0.39 is 0 Å². The van der Waals surface area contributed by atoms with Gasteiger partial charge in [-0.1, -0.05) is 54.6 Å². The van der Waals surface area contributed by atoms with Crippen molar-refractivity contribution < 1.29 is 9.53 Å². The predicted octanol–water partition coefficient (Wildman–Crippen LogP) is 5.60. The molecule has 2 heterocycles. The number of carbonyl (C=O) groups excluding carboxylic acids is 1. The zero-order valence-corrected chi connectivity index (χ0v) is 19.2. The molecule has 5 heteroatoms. The Morgan fingerprint density at radius 1 is 1.06 bits per heavy atom. The Hall–Kier alpha value is -3.60. The number of nitrogen functional groups attached to an aromatic ring is 1. The maximum atomic E-state index is 13.1. The van der Waals surface area contributed by atoms with Gasteiger partial charge in [0.05, 0.1) is 12.2 Å². The molecule has 1 aliphatic carbocycles. The number of ether oxygens (including phenoxy) is 1. The molecule has 0 unspecified atom stereocenters. The zero-order valence-electron chi connectivity index (χ0n) is 19.2. The van der Waals surface area contributed by atoms with Crippen molar-refractivity contribution in [2.75, 3.05) is 17.7 Å². The van der Waals surface area contributed by atoms with E-state index in [4.69, 9.17) is 15.5 Å². The first-order valence-electron chi connectivity index (χ1n) is 11.7. The fourth-order valence-electron chi connectivity index (χ4n) is 5.09. The minimum absolute atomic E-state index is 0.317. The monoisotopic (exact) mass is 439 g/mol. The van der Waals surface area contributed by atoms with Gasteiger partial charge in [0.15, 0.2) is 0 Å². The molecule has 3 N–H and O–H groups in total. The third-order valence-electron chi connectivity index (χ3n) is 6.69. The molecular formula is C28H29N3O2. The lowest BCUT2D eigenvalue weighted by Crippen LogP contribution is -2.27. The van der Waals surface area contributed by atoms with Crippen LogP contribution in [0.3, 0.4) is 0 Å². The van der Waals surface area contributed by atoms with Crippen LogP contribution in [0.4, 0.5) is 11.5 Å². The quantitative estimate of drug-likeness (QED) is 0.517. The molecule has 3 aromatic rings. The van der Waals surface area contributed by atoms with E-state index in [0.29, 0.717) is 12.2 Å². The SMILES string of the molecule is CCOC(=O)C1=C(C)Nc2nc3c(c(N)c2[C@H]1c1ccc(-c2ccccc2)cc1)CCCC3. The third kappa shape index (κ3) is 3.78. The molecule has 0 saturated heterocycles. The first-order valence-corrected chi connectivity index (χ1v) is 11.7. The van der Waals surface area contributed by atoms with Crippen molar-refractivity contribution in [3.05, 3.63) is 88.3 Å². The van der Waals surface area contributed by atoms with Crippen molar-refractivity contribution in [1.29, 1.82) is 0 Å². The number of hydrogen-bond acceptors (Lipinski definition) is 5. The summed E-state index contributed by atoms with van der Waals surface area (Å²) < 4.78 is 5.47. The number of hydrogen-bond donors (Lipinski definition) is 2. The van der Waals surface area contributed by atoms with Crippen molar-refractivity contribution in [2.24, 2.45) is 0 Å².